The van der Waals surface area contributed by atoms with E-state index in [-0.39, 0.29) is 32.6 Å². The fourth-order valence-corrected chi connectivity index (χ4v) is 2.70. The van der Waals surface area contributed by atoms with Crippen LogP contribution in [0.2, 0.25) is 0 Å². The van der Waals surface area contributed by atoms with Crippen molar-refractivity contribution in [2.24, 2.45) is 0 Å². The number of carbonyl (C=O) groups excluding carboxylic acids is 2. The van der Waals surface area contributed by atoms with Gasteiger partial charge in [-0.2, -0.15) is 0 Å². The molecule has 0 aliphatic carbocycles. The number of Topliss-reactive ketones (excluding diaryl/α,β-unsaturated/α-hetero) is 1. The van der Waals surface area contributed by atoms with Gasteiger partial charge in [0.25, 0.3) is 5.69 Å². The van der Waals surface area contributed by atoms with Crippen LogP contribution in [0.15, 0.2) is 24.3 Å². The lowest BCUT2D eigenvalue weighted by Gasteiger charge is -1.98. The average Bonchev–Trinajstić information content (AvgIpc) is 2.91. The van der Waals surface area contributed by atoms with E-state index >= 15 is 0 Å². The number of esters is 1. The van der Waals surface area contributed by atoms with Crippen molar-refractivity contribution in [3.63, 3.8) is 0 Å². The first kappa shape index (κ1) is 14.8. The Labute approximate surface area is 123 Å². The van der Waals surface area contributed by atoms with Gasteiger partial charge in [0.15, 0.2) is 11.5 Å². The molecule has 0 radical (unpaired) electrons. The minimum Gasteiger partial charge on any atom is -0.464 e. The Morgan fingerprint density at radius 3 is 2.57 bits per heavy atom. The third-order valence-corrected chi connectivity index (χ3v) is 3.85. The highest BCUT2D eigenvalue weighted by atomic mass is 32.1. The molecule has 7 nitrogen and oxygen atoms in total. The molecule has 0 aliphatic rings. The number of hydrogen-bond acceptors (Lipinski definition) is 7. The molecule has 8 heteroatoms. The molecule has 21 heavy (non-hydrogen) atoms. The first-order valence-corrected chi connectivity index (χ1v) is 6.61. The Bertz CT molecular complexity index is 738. The summed E-state index contributed by atoms with van der Waals surface area (Å²) < 4.78 is 4.57. The minimum absolute atomic E-state index is 0.120. The number of nitro benzene ring substituents is 1. The van der Waals surface area contributed by atoms with Crippen molar-refractivity contribution in [1.29, 1.82) is 0 Å². The van der Waals surface area contributed by atoms with E-state index in [2.05, 4.69) is 9.72 Å². The van der Waals surface area contributed by atoms with Crippen molar-refractivity contribution < 1.29 is 19.2 Å². The van der Waals surface area contributed by atoms with E-state index < -0.39 is 10.9 Å². The zero-order valence-electron chi connectivity index (χ0n) is 11.2. The maximum atomic E-state index is 11.6. The highest BCUT2D eigenvalue weighted by Crippen LogP contribution is 2.34. The van der Waals surface area contributed by atoms with Gasteiger partial charge in [0.05, 0.1) is 17.6 Å². The summed E-state index contributed by atoms with van der Waals surface area (Å²) in [6.45, 7) is 1.29. The third-order valence-electron chi connectivity index (χ3n) is 2.66. The fourth-order valence-electron chi connectivity index (χ4n) is 1.72. The maximum Gasteiger partial charge on any atom is 0.358 e. The number of nitro groups is 1. The number of ketones is 1. The number of benzene rings is 1. The van der Waals surface area contributed by atoms with Crippen LogP contribution in [0.3, 0.4) is 0 Å². The lowest BCUT2D eigenvalue weighted by Crippen LogP contribution is -2.06. The number of nitrogens with zero attached hydrogens (tertiary/aromatic N) is 2. The molecule has 0 atom stereocenters. The number of rotatable bonds is 4. The Hall–Kier alpha value is -2.61. The monoisotopic (exact) mass is 306 g/mol. The summed E-state index contributed by atoms with van der Waals surface area (Å²) in [5.74, 6) is -1.10. The molecule has 0 bridgehead atoms. The van der Waals surface area contributed by atoms with Gasteiger partial charge in [0.1, 0.15) is 9.88 Å². The lowest BCUT2D eigenvalue weighted by molar-refractivity contribution is -0.384. The van der Waals surface area contributed by atoms with Gasteiger partial charge in [-0.05, 0) is 6.07 Å². The molecule has 0 fully saturated rings. The van der Waals surface area contributed by atoms with Gasteiger partial charge in [0.2, 0.25) is 0 Å². The molecule has 0 amide bonds. The molecule has 2 aromatic rings. The average molecular weight is 306 g/mol. The standard InChI is InChI=1S/C13H10N2O5S/c1-7(16)11-10(13(17)20-2)14-12(21-11)8-5-3-4-6-9(8)15(18)19/h3-6H,1-2H3. The minimum atomic E-state index is -0.749. The van der Waals surface area contributed by atoms with Crippen LogP contribution in [0.4, 0.5) is 5.69 Å². The van der Waals surface area contributed by atoms with Crippen LogP contribution in [-0.4, -0.2) is 28.8 Å². The van der Waals surface area contributed by atoms with Crippen molar-refractivity contribution in [3.05, 3.63) is 45.0 Å². The van der Waals surface area contributed by atoms with Crippen molar-refractivity contribution in [3.8, 4) is 10.6 Å². The van der Waals surface area contributed by atoms with E-state index in [0.717, 1.165) is 11.3 Å². The summed E-state index contributed by atoms with van der Waals surface area (Å²) in [4.78, 5) is 37.9. The molecule has 0 spiro atoms. The molecular weight excluding hydrogens is 296 g/mol. The number of ether oxygens (including phenoxy) is 1. The van der Waals surface area contributed by atoms with Gasteiger partial charge >= 0.3 is 5.97 Å². The first-order chi connectivity index (χ1) is 9.95. The first-order valence-electron chi connectivity index (χ1n) is 5.79. The SMILES string of the molecule is COC(=O)c1nc(-c2ccccc2[N+](=O)[O-])sc1C(C)=O. The predicted molar refractivity (Wildman–Crippen MR) is 75.5 cm³/mol. The quantitative estimate of drug-likeness (QED) is 0.372. The van der Waals surface area contributed by atoms with Crippen molar-refractivity contribution in [2.45, 2.75) is 6.92 Å². The zero-order chi connectivity index (χ0) is 15.6. The van der Waals surface area contributed by atoms with Gasteiger partial charge in [-0.15, -0.1) is 11.3 Å². The van der Waals surface area contributed by atoms with E-state index in [1.54, 1.807) is 6.07 Å². The second-order valence-electron chi connectivity index (χ2n) is 4.02. The maximum absolute atomic E-state index is 11.6. The molecule has 0 aliphatic heterocycles. The van der Waals surface area contributed by atoms with E-state index in [9.17, 15) is 19.7 Å². The number of aromatic nitrogens is 1. The number of hydrogen-bond donors (Lipinski definition) is 0. The lowest BCUT2D eigenvalue weighted by atomic mass is 10.2. The number of methoxy groups -OCH3 is 1. The van der Waals surface area contributed by atoms with Gasteiger partial charge in [-0.1, -0.05) is 12.1 Å². The van der Waals surface area contributed by atoms with Gasteiger partial charge in [-0.25, -0.2) is 9.78 Å². The molecule has 0 saturated carbocycles. The molecule has 0 saturated heterocycles. The largest absolute Gasteiger partial charge is 0.464 e. The normalized spacial score (nSPS) is 10.2. The fraction of sp³-hybridized carbons (Fsp3) is 0.154. The summed E-state index contributed by atoms with van der Waals surface area (Å²) in [5, 5.41) is 11.3. The number of carbonyl (C=O) groups is 2. The molecular formula is C13H10N2O5S. The summed E-state index contributed by atoms with van der Waals surface area (Å²) >= 11 is 0.930. The van der Waals surface area contributed by atoms with Crippen LogP contribution in [-0.2, 0) is 4.74 Å². The van der Waals surface area contributed by atoms with Crippen LogP contribution in [0.1, 0.15) is 27.1 Å². The molecule has 1 aromatic carbocycles. The van der Waals surface area contributed by atoms with Gasteiger partial charge in [-0.3, -0.25) is 14.9 Å². The van der Waals surface area contributed by atoms with Crippen molar-refractivity contribution >= 4 is 28.8 Å². The second-order valence-corrected chi connectivity index (χ2v) is 5.02. The summed E-state index contributed by atoms with van der Waals surface area (Å²) in [7, 11) is 1.18. The molecule has 1 heterocycles. The van der Waals surface area contributed by atoms with E-state index in [4.69, 9.17) is 0 Å². The van der Waals surface area contributed by atoms with Crippen molar-refractivity contribution in [1.82, 2.24) is 4.98 Å². The van der Waals surface area contributed by atoms with Crippen LogP contribution < -0.4 is 0 Å². The second kappa shape index (κ2) is 5.80. The highest BCUT2D eigenvalue weighted by molar-refractivity contribution is 7.17. The summed E-state index contributed by atoms with van der Waals surface area (Å²) in [5.41, 5.74) is -0.00827. The zero-order valence-corrected chi connectivity index (χ0v) is 12.0. The number of para-hydroxylation sites is 1. The summed E-state index contributed by atoms with van der Waals surface area (Å²) in [6, 6.07) is 6.00. The van der Waals surface area contributed by atoms with Crippen LogP contribution in [0, 0.1) is 10.1 Å². The topological polar surface area (TPSA) is 99.4 Å². The van der Waals surface area contributed by atoms with E-state index in [1.165, 1.54) is 32.2 Å². The Kier molecular flexibility index (Phi) is 4.08. The molecule has 108 valence electrons. The molecule has 0 N–H and O–H groups in total. The van der Waals surface area contributed by atoms with Gasteiger partial charge < -0.3 is 4.74 Å². The number of thiazole rings is 1. The Morgan fingerprint density at radius 2 is 2.00 bits per heavy atom. The van der Waals surface area contributed by atoms with Crippen LogP contribution >= 0.6 is 11.3 Å². The van der Waals surface area contributed by atoms with Gasteiger partial charge in [0, 0.05) is 13.0 Å². The Morgan fingerprint density at radius 1 is 1.33 bits per heavy atom. The Balaban J connectivity index is 2.64. The van der Waals surface area contributed by atoms with Crippen LogP contribution in [0.5, 0.6) is 0 Å². The highest BCUT2D eigenvalue weighted by Gasteiger charge is 2.25. The predicted octanol–water partition coefficient (Wildman–Crippen LogP) is 2.71. The third kappa shape index (κ3) is 2.79. The summed E-state index contributed by atoms with van der Waals surface area (Å²) in [6.07, 6.45) is 0. The van der Waals surface area contributed by atoms with Crippen molar-refractivity contribution in [2.75, 3.05) is 7.11 Å². The van der Waals surface area contributed by atoms with E-state index in [0.29, 0.717) is 0 Å². The van der Waals surface area contributed by atoms with E-state index in [1.807, 2.05) is 0 Å². The molecule has 1 aromatic heterocycles. The molecule has 0 unspecified atom stereocenters. The van der Waals surface area contributed by atoms with Crippen LogP contribution in [0.25, 0.3) is 10.6 Å². The molecule has 2 rings (SSSR count). The smallest absolute Gasteiger partial charge is 0.358 e.